The minimum absolute atomic E-state index is 0.0532. The van der Waals surface area contributed by atoms with Crippen LogP contribution in [0.2, 0.25) is 0 Å². The molecule has 0 unspecified atom stereocenters. The number of hydrogen-bond acceptors (Lipinski definition) is 4. The third-order valence-corrected chi connectivity index (χ3v) is 6.90. The maximum Gasteiger partial charge on any atom is 0.254 e. The fraction of sp³-hybridized carbons (Fsp3) is 0.950. The van der Waals surface area contributed by atoms with E-state index in [4.69, 9.17) is 0 Å². The van der Waals surface area contributed by atoms with Crippen molar-refractivity contribution in [2.75, 3.05) is 46.8 Å². The van der Waals surface area contributed by atoms with Crippen LogP contribution in [0.25, 0.3) is 0 Å². The van der Waals surface area contributed by atoms with E-state index in [2.05, 4.69) is 16.8 Å². The lowest BCUT2D eigenvalue weighted by atomic mass is 9.78. The molecule has 3 fully saturated rings. The van der Waals surface area contributed by atoms with Gasteiger partial charge in [-0.15, -0.1) is 0 Å². The second-order valence-corrected chi connectivity index (χ2v) is 8.83. The van der Waals surface area contributed by atoms with Crippen LogP contribution in [0.15, 0.2) is 0 Å². The Hall–Kier alpha value is -0.650. The number of likely N-dealkylation sites (N-methyl/N-ethyl adjacent to an activating group) is 1. The average molecular weight is 352 g/mol. The molecule has 1 amide bonds. The van der Waals surface area contributed by atoms with Gasteiger partial charge in [-0.2, -0.15) is 0 Å². The molecule has 0 aromatic carbocycles. The van der Waals surface area contributed by atoms with Crippen LogP contribution < -0.4 is 0 Å². The van der Waals surface area contributed by atoms with Gasteiger partial charge in [0.1, 0.15) is 5.60 Å². The molecule has 3 aliphatic rings. The third kappa shape index (κ3) is 4.20. The van der Waals surface area contributed by atoms with E-state index in [0.29, 0.717) is 12.8 Å². The summed E-state index contributed by atoms with van der Waals surface area (Å²) in [6.07, 6.45) is 11.3. The average Bonchev–Trinajstić information content (AvgIpc) is 2.65. The Kier molecular flexibility index (Phi) is 6.07. The van der Waals surface area contributed by atoms with Crippen LogP contribution in [0.3, 0.4) is 0 Å². The number of rotatable bonds is 4. The van der Waals surface area contributed by atoms with E-state index >= 15 is 0 Å². The molecule has 1 saturated carbocycles. The highest BCUT2D eigenvalue weighted by molar-refractivity contribution is 5.85. The van der Waals surface area contributed by atoms with Crippen LogP contribution >= 0.6 is 0 Å². The summed E-state index contributed by atoms with van der Waals surface area (Å²) >= 11 is 0. The summed E-state index contributed by atoms with van der Waals surface area (Å²) in [7, 11) is 3.97. The Morgan fingerprint density at radius 2 is 1.48 bits per heavy atom. The molecule has 5 nitrogen and oxygen atoms in total. The first-order chi connectivity index (χ1) is 12.0. The van der Waals surface area contributed by atoms with E-state index in [1.807, 2.05) is 11.9 Å². The summed E-state index contributed by atoms with van der Waals surface area (Å²) in [5.41, 5.74) is -1.01. The monoisotopic (exact) mass is 351 g/mol. The number of carbonyl (C=O) groups excluding carboxylic acids is 1. The van der Waals surface area contributed by atoms with Crippen LogP contribution in [0, 0.1) is 0 Å². The van der Waals surface area contributed by atoms with Crippen molar-refractivity contribution in [2.24, 2.45) is 0 Å². The van der Waals surface area contributed by atoms with Gasteiger partial charge < -0.3 is 14.9 Å². The predicted molar refractivity (Wildman–Crippen MR) is 101 cm³/mol. The second kappa shape index (κ2) is 7.93. The molecule has 0 bridgehead atoms. The first kappa shape index (κ1) is 19.1. The van der Waals surface area contributed by atoms with Gasteiger partial charge in [0.25, 0.3) is 5.91 Å². The van der Waals surface area contributed by atoms with E-state index < -0.39 is 5.60 Å². The number of carbonyl (C=O) groups is 1. The summed E-state index contributed by atoms with van der Waals surface area (Å²) in [5, 5.41) is 10.9. The molecular formula is C20H37N3O2. The number of likely N-dealkylation sites (tertiary alicyclic amines) is 2. The zero-order valence-corrected chi connectivity index (χ0v) is 16.3. The molecule has 3 rings (SSSR count). The Morgan fingerprint density at radius 3 is 2.08 bits per heavy atom. The number of aliphatic hydroxyl groups is 1. The molecule has 25 heavy (non-hydrogen) atoms. The van der Waals surface area contributed by atoms with Crippen LogP contribution in [-0.4, -0.2) is 83.7 Å². The van der Waals surface area contributed by atoms with E-state index in [1.165, 1.54) is 64.5 Å². The van der Waals surface area contributed by atoms with Crippen molar-refractivity contribution >= 4 is 5.91 Å². The summed E-state index contributed by atoms with van der Waals surface area (Å²) in [4.78, 5) is 19.8. The molecule has 2 aliphatic heterocycles. The highest BCUT2D eigenvalue weighted by Crippen LogP contribution is 2.37. The first-order valence-corrected chi connectivity index (χ1v) is 10.4. The van der Waals surface area contributed by atoms with E-state index in [-0.39, 0.29) is 11.4 Å². The second-order valence-electron chi connectivity index (χ2n) is 8.83. The lowest BCUT2D eigenvalue weighted by Crippen LogP contribution is -2.61. The molecule has 5 heteroatoms. The van der Waals surface area contributed by atoms with Crippen LogP contribution in [0.1, 0.15) is 64.2 Å². The van der Waals surface area contributed by atoms with Crippen molar-refractivity contribution in [3.63, 3.8) is 0 Å². The van der Waals surface area contributed by atoms with Crippen molar-refractivity contribution in [1.29, 1.82) is 0 Å². The molecule has 1 aliphatic carbocycles. The predicted octanol–water partition coefficient (Wildman–Crippen LogP) is 2.09. The molecule has 0 spiro atoms. The third-order valence-electron chi connectivity index (χ3n) is 6.90. The molecule has 0 atom stereocenters. The molecule has 1 N–H and O–H groups in total. The van der Waals surface area contributed by atoms with Crippen molar-refractivity contribution in [3.8, 4) is 0 Å². The van der Waals surface area contributed by atoms with Crippen molar-refractivity contribution in [1.82, 2.24) is 14.7 Å². The maximum atomic E-state index is 13.1. The van der Waals surface area contributed by atoms with E-state index in [1.54, 1.807) is 0 Å². The zero-order valence-electron chi connectivity index (χ0n) is 16.3. The van der Waals surface area contributed by atoms with Crippen LogP contribution in [0.4, 0.5) is 0 Å². The summed E-state index contributed by atoms with van der Waals surface area (Å²) in [6, 6.07) is 0. The standard InChI is InChI=1S/C20H37N3O2/c1-21-15-11-20(25,12-16-21)18(24)22(2)17-19(9-5-3-6-10-19)23-13-7-4-8-14-23/h25H,3-17H2,1-2H3. The minimum Gasteiger partial charge on any atom is -0.380 e. The molecule has 0 aromatic rings. The summed E-state index contributed by atoms with van der Waals surface area (Å²) < 4.78 is 0. The molecule has 144 valence electrons. The lowest BCUT2D eigenvalue weighted by Gasteiger charge is -2.50. The molecular weight excluding hydrogens is 314 g/mol. The van der Waals surface area contributed by atoms with Gasteiger partial charge in [-0.25, -0.2) is 0 Å². The molecule has 2 heterocycles. The Labute approximate surface area is 153 Å². The summed E-state index contributed by atoms with van der Waals surface area (Å²) in [6.45, 7) is 4.73. The molecule has 0 aromatic heterocycles. The van der Waals surface area contributed by atoms with E-state index in [0.717, 1.165) is 19.6 Å². The Morgan fingerprint density at radius 1 is 0.920 bits per heavy atom. The number of amides is 1. The van der Waals surface area contributed by atoms with Gasteiger partial charge in [-0.05, 0) is 58.7 Å². The normalized spacial score (nSPS) is 27.8. The highest BCUT2D eigenvalue weighted by Gasteiger charge is 2.44. The minimum atomic E-state index is -1.15. The Bertz CT molecular complexity index is 448. The van der Waals surface area contributed by atoms with Gasteiger partial charge in [0.2, 0.25) is 0 Å². The summed E-state index contributed by atoms with van der Waals surface area (Å²) in [5.74, 6) is -0.0532. The van der Waals surface area contributed by atoms with Gasteiger partial charge in [0.05, 0.1) is 0 Å². The largest absolute Gasteiger partial charge is 0.380 e. The topological polar surface area (TPSA) is 47.0 Å². The number of piperidine rings is 2. The van der Waals surface area contributed by atoms with Gasteiger partial charge in [-0.1, -0.05) is 25.7 Å². The maximum absolute atomic E-state index is 13.1. The number of hydrogen-bond donors (Lipinski definition) is 1. The van der Waals surface area contributed by atoms with Crippen molar-refractivity contribution < 1.29 is 9.90 Å². The van der Waals surface area contributed by atoms with Crippen molar-refractivity contribution in [3.05, 3.63) is 0 Å². The van der Waals surface area contributed by atoms with Gasteiger partial charge >= 0.3 is 0 Å². The quantitative estimate of drug-likeness (QED) is 0.842. The zero-order chi connectivity index (χ0) is 17.9. The SMILES string of the molecule is CN1CCC(O)(C(=O)N(C)CC2(N3CCCCC3)CCCCC2)CC1. The number of nitrogens with zero attached hydrogens (tertiary/aromatic N) is 3. The molecule has 0 radical (unpaired) electrons. The first-order valence-electron chi connectivity index (χ1n) is 10.4. The van der Waals surface area contributed by atoms with Crippen LogP contribution in [-0.2, 0) is 4.79 Å². The van der Waals surface area contributed by atoms with Gasteiger partial charge in [0.15, 0.2) is 0 Å². The smallest absolute Gasteiger partial charge is 0.254 e. The highest BCUT2D eigenvalue weighted by atomic mass is 16.3. The van der Waals surface area contributed by atoms with Crippen LogP contribution in [0.5, 0.6) is 0 Å². The lowest BCUT2D eigenvalue weighted by molar-refractivity contribution is -0.157. The fourth-order valence-corrected chi connectivity index (χ4v) is 5.22. The van der Waals surface area contributed by atoms with Gasteiger partial charge in [0, 0.05) is 32.2 Å². The van der Waals surface area contributed by atoms with Gasteiger partial charge in [-0.3, -0.25) is 9.69 Å². The van der Waals surface area contributed by atoms with E-state index in [9.17, 15) is 9.90 Å². The molecule has 2 saturated heterocycles. The Balaban J connectivity index is 1.69. The fourth-order valence-electron chi connectivity index (χ4n) is 5.22. The van der Waals surface area contributed by atoms with Crippen molar-refractivity contribution in [2.45, 2.75) is 75.3 Å².